The normalized spacial score (nSPS) is 18.8. The van der Waals surface area contributed by atoms with Crippen molar-refractivity contribution < 1.29 is 39.8 Å². The number of nitrogens with one attached hydrogen (secondary N) is 1. The van der Waals surface area contributed by atoms with E-state index in [0.717, 1.165) is 38.5 Å². The highest BCUT2D eigenvalue weighted by Gasteiger charge is 2.44. The molecular weight excluding hydrogens is 935 g/mol. The van der Waals surface area contributed by atoms with E-state index in [0.29, 0.717) is 12.8 Å². The van der Waals surface area contributed by atoms with E-state index in [1.165, 1.54) is 283 Å². The Balaban J connectivity index is 2.12. The number of amides is 1. The number of aliphatic hydroxyl groups is 5. The van der Waals surface area contributed by atoms with Gasteiger partial charge in [-0.1, -0.05) is 315 Å². The minimum Gasteiger partial charge on any atom is -0.394 e. The van der Waals surface area contributed by atoms with Gasteiger partial charge >= 0.3 is 0 Å². The van der Waals surface area contributed by atoms with Gasteiger partial charge in [0.1, 0.15) is 24.4 Å². The summed E-state index contributed by atoms with van der Waals surface area (Å²) in [5, 5.41) is 54.9. The molecular formula is C66H129NO8. The van der Waals surface area contributed by atoms with Gasteiger partial charge in [0.05, 0.1) is 25.4 Å². The summed E-state index contributed by atoms with van der Waals surface area (Å²) < 4.78 is 11.4. The van der Waals surface area contributed by atoms with Gasteiger partial charge in [-0.3, -0.25) is 4.79 Å². The molecule has 1 rings (SSSR count). The van der Waals surface area contributed by atoms with E-state index >= 15 is 0 Å². The monoisotopic (exact) mass is 1060 g/mol. The zero-order valence-electron chi connectivity index (χ0n) is 49.8. The molecule has 75 heavy (non-hydrogen) atoms. The molecule has 9 heteroatoms. The Hall–Kier alpha value is -1.07. The van der Waals surface area contributed by atoms with Crippen LogP contribution in [0.2, 0.25) is 0 Å². The van der Waals surface area contributed by atoms with Crippen molar-refractivity contribution in [2.75, 3.05) is 13.2 Å². The van der Waals surface area contributed by atoms with Gasteiger partial charge in [-0.25, -0.2) is 0 Å². The summed E-state index contributed by atoms with van der Waals surface area (Å²) in [5.74, 6) is -0.136. The van der Waals surface area contributed by atoms with Crippen LogP contribution in [-0.4, -0.2) is 87.5 Å². The molecule has 1 heterocycles. The largest absolute Gasteiger partial charge is 0.394 e. The lowest BCUT2D eigenvalue weighted by Gasteiger charge is -2.40. The second-order valence-corrected chi connectivity index (χ2v) is 23.6. The molecule has 0 radical (unpaired) electrons. The van der Waals surface area contributed by atoms with E-state index in [9.17, 15) is 30.3 Å². The molecule has 0 bridgehead atoms. The SMILES string of the molecule is CCCCCCCCCCCCCC/C=C\CCCCCCCCCCCCCCCCC(=O)NC(COC1OC(CO)C(O)C(O)C1O)C(O)CCCCCCCCCCCCCCCCCCCCCCCC. The van der Waals surface area contributed by atoms with Crippen LogP contribution >= 0.6 is 0 Å². The Morgan fingerprint density at radius 2 is 0.747 bits per heavy atom. The third-order valence-electron chi connectivity index (χ3n) is 16.4. The van der Waals surface area contributed by atoms with Gasteiger partial charge in [0.25, 0.3) is 0 Å². The Morgan fingerprint density at radius 3 is 1.08 bits per heavy atom. The predicted octanol–water partition coefficient (Wildman–Crippen LogP) is 17.5. The van der Waals surface area contributed by atoms with Gasteiger partial charge in [0, 0.05) is 6.42 Å². The zero-order chi connectivity index (χ0) is 54.3. The molecule has 1 fully saturated rings. The first-order valence-electron chi connectivity index (χ1n) is 33.4. The van der Waals surface area contributed by atoms with Crippen LogP contribution in [0.5, 0.6) is 0 Å². The fourth-order valence-corrected chi connectivity index (χ4v) is 11.1. The highest BCUT2D eigenvalue weighted by atomic mass is 16.7. The number of carbonyl (C=O) groups is 1. The lowest BCUT2D eigenvalue weighted by molar-refractivity contribution is -0.302. The van der Waals surface area contributed by atoms with Crippen molar-refractivity contribution in [1.29, 1.82) is 0 Å². The average Bonchev–Trinajstić information content (AvgIpc) is 3.41. The number of unbranched alkanes of at least 4 members (excludes halogenated alkanes) is 47. The van der Waals surface area contributed by atoms with Crippen molar-refractivity contribution in [3.05, 3.63) is 12.2 Å². The van der Waals surface area contributed by atoms with Crippen molar-refractivity contribution in [1.82, 2.24) is 5.32 Å². The fraction of sp³-hybridized carbons (Fsp3) is 0.955. The summed E-state index contributed by atoms with van der Waals surface area (Å²) in [4.78, 5) is 13.1. The predicted molar refractivity (Wildman–Crippen MR) is 318 cm³/mol. The smallest absolute Gasteiger partial charge is 0.220 e. The van der Waals surface area contributed by atoms with Gasteiger partial charge in [-0.15, -0.1) is 0 Å². The summed E-state index contributed by atoms with van der Waals surface area (Å²) in [6.07, 6.45) is 64.1. The van der Waals surface area contributed by atoms with Gasteiger partial charge in [-0.2, -0.15) is 0 Å². The summed E-state index contributed by atoms with van der Waals surface area (Å²) in [7, 11) is 0. The third-order valence-corrected chi connectivity index (χ3v) is 16.4. The van der Waals surface area contributed by atoms with Gasteiger partial charge in [0.15, 0.2) is 6.29 Å². The first kappa shape index (κ1) is 71.9. The molecule has 1 saturated heterocycles. The van der Waals surface area contributed by atoms with Crippen LogP contribution in [-0.2, 0) is 14.3 Å². The maximum atomic E-state index is 13.1. The number of hydrogen-bond donors (Lipinski definition) is 6. The summed E-state index contributed by atoms with van der Waals surface area (Å²) in [6, 6.07) is -0.717. The second kappa shape index (κ2) is 56.2. The van der Waals surface area contributed by atoms with Crippen LogP contribution in [0, 0.1) is 0 Å². The van der Waals surface area contributed by atoms with Crippen LogP contribution in [0.25, 0.3) is 0 Å². The molecule has 0 aromatic heterocycles. The first-order valence-corrected chi connectivity index (χ1v) is 33.4. The Labute approximate surface area is 465 Å². The van der Waals surface area contributed by atoms with Gasteiger partial charge < -0.3 is 40.3 Å². The van der Waals surface area contributed by atoms with Crippen LogP contribution in [0.15, 0.2) is 12.2 Å². The maximum absolute atomic E-state index is 13.1. The number of ether oxygens (including phenoxy) is 2. The van der Waals surface area contributed by atoms with Gasteiger partial charge in [-0.05, 0) is 38.5 Å². The minimum absolute atomic E-state index is 0.133. The molecule has 0 spiro atoms. The Bertz CT molecular complexity index is 1190. The second-order valence-electron chi connectivity index (χ2n) is 23.6. The fourth-order valence-electron chi connectivity index (χ4n) is 11.1. The van der Waals surface area contributed by atoms with Crippen molar-refractivity contribution in [3.8, 4) is 0 Å². The Kier molecular flexibility index (Phi) is 53.9. The van der Waals surface area contributed by atoms with E-state index in [1.54, 1.807) is 0 Å². The van der Waals surface area contributed by atoms with Gasteiger partial charge in [0.2, 0.25) is 5.91 Å². The highest BCUT2D eigenvalue weighted by molar-refractivity contribution is 5.76. The third kappa shape index (κ3) is 45.4. The molecule has 6 N–H and O–H groups in total. The molecule has 7 unspecified atom stereocenters. The van der Waals surface area contributed by atoms with Crippen molar-refractivity contribution in [2.24, 2.45) is 0 Å². The zero-order valence-corrected chi connectivity index (χ0v) is 49.8. The molecule has 9 nitrogen and oxygen atoms in total. The molecule has 1 aliphatic rings. The highest BCUT2D eigenvalue weighted by Crippen LogP contribution is 2.24. The lowest BCUT2D eigenvalue weighted by atomic mass is 9.99. The van der Waals surface area contributed by atoms with Crippen molar-refractivity contribution in [3.63, 3.8) is 0 Å². The lowest BCUT2D eigenvalue weighted by Crippen LogP contribution is -2.60. The quantitative estimate of drug-likeness (QED) is 0.0261. The molecule has 1 aliphatic heterocycles. The molecule has 7 atom stereocenters. The van der Waals surface area contributed by atoms with Crippen LogP contribution in [0.3, 0.4) is 0 Å². The summed E-state index contributed by atoms with van der Waals surface area (Å²) in [5.41, 5.74) is 0. The van der Waals surface area contributed by atoms with E-state index in [2.05, 4.69) is 31.3 Å². The van der Waals surface area contributed by atoms with Crippen molar-refractivity contribution >= 4 is 5.91 Å². The summed E-state index contributed by atoms with van der Waals surface area (Å²) >= 11 is 0. The van der Waals surface area contributed by atoms with E-state index < -0.39 is 49.5 Å². The standard InChI is InChI=1S/C66H129NO8/c1-3-5-7-9-11-13-15-17-19-21-23-25-27-28-29-30-31-32-33-34-36-38-40-42-44-46-48-50-52-54-56-62(70)67-59(58-74-66-65(73)64(72)63(71)61(57-68)75-66)60(69)55-53-51-49-47-45-43-41-39-37-35-26-24-22-20-18-16-14-12-10-8-6-4-2/h28-29,59-61,63-66,68-69,71-73H,3-27,30-58H2,1-2H3,(H,67,70)/b29-28-. The van der Waals surface area contributed by atoms with E-state index in [1.807, 2.05) is 0 Å². The van der Waals surface area contributed by atoms with Crippen LogP contribution in [0.1, 0.15) is 348 Å². The first-order chi connectivity index (χ1) is 36.8. The number of carbonyl (C=O) groups excluding carboxylic acids is 1. The molecule has 0 aromatic carbocycles. The molecule has 0 aliphatic carbocycles. The average molecular weight is 1060 g/mol. The van der Waals surface area contributed by atoms with Crippen molar-refractivity contribution in [2.45, 2.75) is 391 Å². The minimum atomic E-state index is -1.55. The number of hydrogen-bond acceptors (Lipinski definition) is 8. The number of allylic oxidation sites excluding steroid dienone is 2. The van der Waals surface area contributed by atoms with E-state index in [4.69, 9.17) is 9.47 Å². The van der Waals surface area contributed by atoms with Crippen LogP contribution < -0.4 is 5.32 Å². The maximum Gasteiger partial charge on any atom is 0.220 e. The molecule has 0 aromatic rings. The Morgan fingerprint density at radius 1 is 0.440 bits per heavy atom. The van der Waals surface area contributed by atoms with E-state index in [-0.39, 0.29) is 12.5 Å². The number of aliphatic hydroxyl groups excluding tert-OH is 5. The molecule has 446 valence electrons. The van der Waals surface area contributed by atoms with Crippen LogP contribution in [0.4, 0.5) is 0 Å². The summed E-state index contributed by atoms with van der Waals surface area (Å²) in [6.45, 7) is 3.90. The topological polar surface area (TPSA) is 149 Å². The number of rotatable bonds is 59. The molecule has 0 saturated carbocycles. The molecule has 1 amide bonds.